The third-order valence-electron chi connectivity index (χ3n) is 3.36. The Balaban J connectivity index is 2.05. The Hall–Kier alpha value is -0.990. The lowest BCUT2D eigenvalue weighted by Gasteiger charge is -2.34. The van der Waals surface area contributed by atoms with Crippen molar-refractivity contribution in [1.82, 2.24) is 9.55 Å². The summed E-state index contributed by atoms with van der Waals surface area (Å²) in [6.07, 6.45) is 10.5. The Morgan fingerprint density at radius 2 is 2.14 bits per heavy atom. The largest absolute Gasteiger partial charge is 0.369 e. The van der Waals surface area contributed by atoms with E-state index in [1.54, 1.807) is 6.20 Å². The molecule has 1 aliphatic carbocycles. The van der Waals surface area contributed by atoms with Crippen molar-refractivity contribution in [1.29, 1.82) is 0 Å². The second-order valence-corrected chi connectivity index (χ2v) is 4.78. The monoisotopic (exact) mass is 193 g/mol. The van der Waals surface area contributed by atoms with Crippen molar-refractivity contribution in [3.05, 3.63) is 12.4 Å². The average Bonchev–Trinajstić information content (AvgIpc) is 2.52. The second kappa shape index (κ2) is 3.64. The van der Waals surface area contributed by atoms with Crippen LogP contribution in [0.1, 0.15) is 39.0 Å². The van der Waals surface area contributed by atoms with E-state index < -0.39 is 0 Å². The summed E-state index contributed by atoms with van der Waals surface area (Å²) in [5.41, 5.74) is 6.21. The van der Waals surface area contributed by atoms with Crippen molar-refractivity contribution >= 4 is 5.95 Å². The van der Waals surface area contributed by atoms with Crippen LogP contribution in [0.25, 0.3) is 0 Å². The Kier molecular flexibility index (Phi) is 2.48. The van der Waals surface area contributed by atoms with E-state index in [1.165, 1.54) is 32.1 Å². The Bertz CT molecular complexity index is 297. The molecule has 1 fully saturated rings. The highest BCUT2D eigenvalue weighted by Crippen LogP contribution is 2.37. The van der Waals surface area contributed by atoms with Crippen LogP contribution in [-0.2, 0) is 6.54 Å². The molecular formula is C11H19N3. The van der Waals surface area contributed by atoms with Crippen LogP contribution in [0, 0.1) is 5.41 Å². The number of anilines is 1. The smallest absolute Gasteiger partial charge is 0.200 e. The van der Waals surface area contributed by atoms with Gasteiger partial charge in [-0.15, -0.1) is 0 Å². The maximum atomic E-state index is 5.77. The lowest BCUT2D eigenvalue weighted by molar-refractivity contribution is 0.184. The maximum absolute atomic E-state index is 5.77. The number of nitrogens with two attached hydrogens (primary N) is 1. The molecule has 0 aromatic carbocycles. The van der Waals surface area contributed by atoms with E-state index in [-0.39, 0.29) is 0 Å². The third-order valence-corrected chi connectivity index (χ3v) is 3.36. The van der Waals surface area contributed by atoms with Gasteiger partial charge in [0.25, 0.3) is 0 Å². The molecule has 0 aliphatic heterocycles. The predicted molar refractivity (Wildman–Crippen MR) is 57.8 cm³/mol. The van der Waals surface area contributed by atoms with E-state index >= 15 is 0 Å². The SMILES string of the molecule is CC1(Cn2ccnc2N)CCCCC1. The van der Waals surface area contributed by atoms with Crippen LogP contribution in [0.2, 0.25) is 0 Å². The van der Waals surface area contributed by atoms with Gasteiger partial charge in [0.05, 0.1) is 0 Å². The van der Waals surface area contributed by atoms with Gasteiger partial charge in [-0.25, -0.2) is 4.98 Å². The molecule has 1 heterocycles. The quantitative estimate of drug-likeness (QED) is 0.784. The molecule has 0 spiro atoms. The van der Waals surface area contributed by atoms with E-state index in [9.17, 15) is 0 Å². The summed E-state index contributed by atoms with van der Waals surface area (Å²) < 4.78 is 2.07. The molecule has 0 unspecified atom stereocenters. The van der Waals surface area contributed by atoms with Gasteiger partial charge in [-0.05, 0) is 18.3 Å². The van der Waals surface area contributed by atoms with Crippen LogP contribution in [0.4, 0.5) is 5.95 Å². The number of nitrogen functional groups attached to an aromatic ring is 1. The zero-order valence-corrected chi connectivity index (χ0v) is 8.87. The predicted octanol–water partition coefficient (Wildman–Crippen LogP) is 2.44. The van der Waals surface area contributed by atoms with Gasteiger partial charge in [0.15, 0.2) is 5.95 Å². The first-order valence-corrected chi connectivity index (χ1v) is 5.46. The third kappa shape index (κ3) is 1.91. The second-order valence-electron chi connectivity index (χ2n) is 4.78. The fourth-order valence-electron chi connectivity index (χ4n) is 2.45. The molecule has 0 saturated heterocycles. The molecule has 0 amide bonds. The number of imidazole rings is 1. The highest BCUT2D eigenvalue weighted by molar-refractivity contribution is 5.16. The van der Waals surface area contributed by atoms with Gasteiger partial charge in [0.1, 0.15) is 0 Å². The van der Waals surface area contributed by atoms with Crippen molar-refractivity contribution < 1.29 is 0 Å². The minimum atomic E-state index is 0.438. The summed E-state index contributed by atoms with van der Waals surface area (Å²) in [6, 6.07) is 0. The van der Waals surface area contributed by atoms with Crippen molar-refractivity contribution in [2.24, 2.45) is 5.41 Å². The maximum Gasteiger partial charge on any atom is 0.200 e. The number of nitrogens with zero attached hydrogens (tertiary/aromatic N) is 2. The van der Waals surface area contributed by atoms with Crippen molar-refractivity contribution in [2.75, 3.05) is 5.73 Å². The first kappa shape index (κ1) is 9.56. The van der Waals surface area contributed by atoms with Gasteiger partial charge >= 0.3 is 0 Å². The number of hydrogen-bond acceptors (Lipinski definition) is 2. The van der Waals surface area contributed by atoms with E-state index in [4.69, 9.17) is 5.73 Å². The molecule has 2 N–H and O–H groups in total. The minimum Gasteiger partial charge on any atom is -0.369 e. The summed E-state index contributed by atoms with van der Waals surface area (Å²) in [6.45, 7) is 3.39. The summed E-state index contributed by atoms with van der Waals surface area (Å²) in [7, 11) is 0. The Morgan fingerprint density at radius 3 is 2.71 bits per heavy atom. The molecule has 0 radical (unpaired) electrons. The highest BCUT2D eigenvalue weighted by atomic mass is 15.1. The van der Waals surface area contributed by atoms with Gasteiger partial charge in [0, 0.05) is 18.9 Å². The molecule has 3 nitrogen and oxygen atoms in total. The fourth-order valence-corrected chi connectivity index (χ4v) is 2.45. The summed E-state index contributed by atoms with van der Waals surface area (Å²) >= 11 is 0. The molecule has 0 bridgehead atoms. The number of hydrogen-bond donors (Lipinski definition) is 1. The van der Waals surface area contributed by atoms with E-state index in [1.807, 2.05) is 6.20 Å². The number of aromatic nitrogens is 2. The van der Waals surface area contributed by atoms with E-state index in [2.05, 4.69) is 16.5 Å². The van der Waals surface area contributed by atoms with E-state index in [0.29, 0.717) is 11.4 Å². The zero-order chi connectivity index (χ0) is 10.0. The van der Waals surface area contributed by atoms with Crippen molar-refractivity contribution in [2.45, 2.75) is 45.6 Å². The van der Waals surface area contributed by atoms with Gasteiger partial charge in [-0.3, -0.25) is 0 Å². The number of rotatable bonds is 2. The summed E-state index contributed by atoms with van der Waals surface area (Å²) in [5.74, 6) is 0.650. The van der Waals surface area contributed by atoms with Crippen molar-refractivity contribution in [3.8, 4) is 0 Å². The molecular weight excluding hydrogens is 174 g/mol. The molecule has 1 saturated carbocycles. The summed E-state index contributed by atoms with van der Waals surface area (Å²) in [4.78, 5) is 4.05. The van der Waals surface area contributed by atoms with Gasteiger partial charge in [0.2, 0.25) is 0 Å². The van der Waals surface area contributed by atoms with Gasteiger partial charge in [-0.1, -0.05) is 26.2 Å². The summed E-state index contributed by atoms with van der Waals surface area (Å²) in [5, 5.41) is 0. The van der Waals surface area contributed by atoms with Crippen LogP contribution >= 0.6 is 0 Å². The standard InChI is InChI=1S/C11H19N3/c1-11(5-3-2-4-6-11)9-14-8-7-13-10(14)12/h7-8H,2-6,9H2,1H3,(H2,12,13). The van der Waals surface area contributed by atoms with E-state index in [0.717, 1.165) is 6.54 Å². The molecule has 14 heavy (non-hydrogen) atoms. The molecule has 3 heteroatoms. The van der Waals surface area contributed by atoms with Gasteiger partial charge in [-0.2, -0.15) is 0 Å². The first-order valence-electron chi connectivity index (χ1n) is 5.46. The lowest BCUT2D eigenvalue weighted by atomic mass is 9.76. The fraction of sp³-hybridized carbons (Fsp3) is 0.727. The highest BCUT2D eigenvalue weighted by Gasteiger charge is 2.27. The zero-order valence-electron chi connectivity index (χ0n) is 8.87. The van der Waals surface area contributed by atoms with Crippen LogP contribution in [0.15, 0.2) is 12.4 Å². The van der Waals surface area contributed by atoms with Crippen LogP contribution in [0.3, 0.4) is 0 Å². The topological polar surface area (TPSA) is 43.8 Å². The first-order chi connectivity index (χ1) is 6.70. The van der Waals surface area contributed by atoms with Crippen LogP contribution in [0.5, 0.6) is 0 Å². The molecule has 1 aromatic heterocycles. The normalized spacial score (nSPS) is 20.9. The molecule has 78 valence electrons. The molecule has 2 rings (SSSR count). The van der Waals surface area contributed by atoms with Crippen molar-refractivity contribution in [3.63, 3.8) is 0 Å². The average molecular weight is 193 g/mol. The molecule has 1 aromatic rings. The minimum absolute atomic E-state index is 0.438. The Morgan fingerprint density at radius 1 is 1.43 bits per heavy atom. The lowest BCUT2D eigenvalue weighted by Crippen LogP contribution is -2.26. The van der Waals surface area contributed by atoms with Crippen LogP contribution < -0.4 is 5.73 Å². The Labute approximate surface area is 85.3 Å². The van der Waals surface area contributed by atoms with Crippen LogP contribution in [-0.4, -0.2) is 9.55 Å². The van der Waals surface area contributed by atoms with Gasteiger partial charge < -0.3 is 10.3 Å². The molecule has 0 atom stereocenters. The molecule has 1 aliphatic rings.